The summed E-state index contributed by atoms with van der Waals surface area (Å²) < 4.78 is 111. The number of H-pyrrole nitrogens is 1. The molecule has 0 amide bonds. The smallest absolute Gasteiger partial charge is 0.215 e. The zero-order valence-corrected chi connectivity index (χ0v) is 11.5. The summed E-state index contributed by atoms with van der Waals surface area (Å²) in [7, 11) is -2.75. The number of aromatic amines is 1. The molecule has 5 nitrogen and oxygen atoms in total. The van der Waals surface area contributed by atoms with Crippen LogP contribution in [0.25, 0.3) is 10.9 Å². The number of aryl methyl sites for hydroxylation is 1. The first-order chi connectivity index (χ1) is 13.8. The molecular weight excluding hydrogens is 274 g/mol. The summed E-state index contributed by atoms with van der Waals surface area (Å²) in [6.45, 7) is -9.52. The standard InChI is InChI=1S/C14H21N3O2S/c1-15-20(18,19)10-11-4-5-14-13(8-11)12(9-16-14)6-7-17(2)3/h4-5,8-9,15-16H,6-7,10H2,1-3H3/i2D3,3D3,4D,5D,7D2,8D. The number of nitrogens with one attached hydrogen (secondary N) is 2. The number of sulfonamides is 1. The number of hydrogen-bond acceptors (Lipinski definition) is 3. The summed E-state index contributed by atoms with van der Waals surface area (Å²) in [6.07, 6.45) is 0.399. The fourth-order valence-electron chi connectivity index (χ4n) is 1.66. The van der Waals surface area contributed by atoms with Crippen molar-refractivity contribution < 1.29 is 23.5 Å². The van der Waals surface area contributed by atoms with Gasteiger partial charge in [-0.2, -0.15) is 0 Å². The van der Waals surface area contributed by atoms with E-state index in [-0.39, 0.29) is 26.9 Å². The molecule has 0 aliphatic rings. The minimum atomic E-state index is -3.90. The van der Waals surface area contributed by atoms with Crippen LogP contribution in [0, 0.1) is 0 Å². The summed E-state index contributed by atoms with van der Waals surface area (Å²) in [5.74, 6) is -0.767. The Labute approximate surface area is 135 Å². The summed E-state index contributed by atoms with van der Waals surface area (Å²) in [4.78, 5) is 2.40. The molecule has 0 fully saturated rings. The minimum Gasteiger partial charge on any atom is -0.361 e. The molecule has 1 aromatic heterocycles. The van der Waals surface area contributed by atoms with Gasteiger partial charge in [-0.25, -0.2) is 13.1 Å². The van der Waals surface area contributed by atoms with Crippen molar-refractivity contribution >= 4 is 20.9 Å². The van der Waals surface area contributed by atoms with E-state index in [1.54, 1.807) is 0 Å². The van der Waals surface area contributed by atoms with Crippen LogP contribution in [-0.4, -0.2) is 45.8 Å². The van der Waals surface area contributed by atoms with Crippen molar-refractivity contribution in [3.63, 3.8) is 0 Å². The first-order valence-corrected chi connectivity index (χ1v) is 7.29. The number of nitrogens with zero attached hydrogens (tertiary/aromatic N) is 1. The van der Waals surface area contributed by atoms with Gasteiger partial charge >= 0.3 is 0 Å². The molecule has 0 saturated carbocycles. The van der Waals surface area contributed by atoms with Crippen molar-refractivity contribution in [1.29, 1.82) is 0 Å². The van der Waals surface area contributed by atoms with Crippen LogP contribution in [0.3, 0.4) is 0 Å². The van der Waals surface area contributed by atoms with Gasteiger partial charge in [-0.05, 0) is 50.6 Å². The number of aromatic nitrogens is 1. The fraction of sp³-hybridized carbons (Fsp3) is 0.429. The van der Waals surface area contributed by atoms with Gasteiger partial charge in [-0.3, -0.25) is 0 Å². The largest absolute Gasteiger partial charge is 0.361 e. The Morgan fingerprint density at radius 2 is 2.30 bits per heavy atom. The van der Waals surface area contributed by atoms with E-state index in [4.69, 9.17) is 15.1 Å². The van der Waals surface area contributed by atoms with Gasteiger partial charge in [0.15, 0.2) is 0 Å². The van der Waals surface area contributed by atoms with E-state index in [0.717, 1.165) is 7.05 Å². The maximum absolute atomic E-state index is 11.9. The molecule has 0 saturated heterocycles. The zero-order valence-electron chi connectivity index (χ0n) is 21.7. The minimum absolute atomic E-state index is 0.0277. The molecule has 2 aromatic rings. The first-order valence-electron chi connectivity index (χ1n) is 11.1. The molecule has 0 aliphatic carbocycles. The van der Waals surface area contributed by atoms with Crippen molar-refractivity contribution in [2.24, 2.45) is 0 Å². The van der Waals surface area contributed by atoms with Gasteiger partial charge in [0.1, 0.15) is 0 Å². The van der Waals surface area contributed by atoms with E-state index in [1.165, 1.54) is 6.20 Å². The van der Waals surface area contributed by atoms with Crippen molar-refractivity contribution in [2.45, 2.75) is 12.2 Å². The second-order valence-corrected chi connectivity index (χ2v) is 5.98. The fourth-order valence-corrected chi connectivity index (χ4v) is 2.33. The van der Waals surface area contributed by atoms with E-state index in [0.29, 0.717) is 0 Å². The molecule has 0 aliphatic heterocycles. The Bertz CT molecular complexity index is 1080. The van der Waals surface area contributed by atoms with Gasteiger partial charge in [0.25, 0.3) is 0 Å². The molecular formula is C14H21N3O2S. The summed E-state index contributed by atoms with van der Waals surface area (Å²) in [5.41, 5.74) is -0.363. The van der Waals surface area contributed by atoms with Crippen LogP contribution in [0.2, 0.25) is 0 Å². The lowest BCUT2D eigenvalue weighted by atomic mass is 10.1. The molecule has 0 radical (unpaired) electrons. The number of benzene rings is 1. The van der Waals surface area contributed by atoms with E-state index in [1.807, 2.05) is 0 Å². The number of likely N-dealkylation sites (N-methyl/N-ethyl adjacent to an activating group) is 1. The van der Waals surface area contributed by atoms with Gasteiger partial charge in [0.2, 0.25) is 10.0 Å². The van der Waals surface area contributed by atoms with Gasteiger partial charge in [-0.1, -0.05) is 6.04 Å². The van der Waals surface area contributed by atoms with Crippen molar-refractivity contribution in [3.8, 4) is 0 Å². The number of hydrogen-bond donors (Lipinski definition) is 2. The normalized spacial score (nSPS) is 22.4. The molecule has 1 aromatic carbocycles. The molecule has 20 heavy (non-hydrogen) atoms. The Kier molecular flexibility index (Phi) is 1.84. The van der Waals surface area contributed by atoms with Gasteiger partial charge < -0.3 is 9.88 Å². The van der Waals surface area contributed by atoms with Crippen molar-refractivity contribution in [2.75, 3.05) is 27.5 Å². The Morgan fingerprint density at radius 3 is 3.00 bits per heavy atom. The van der Waals surface area contributed by atoms with Gasteiger partial charge in [0, 0.05) is 34.6 Å². The lowest BCUT2D eigenvalue weighted by Crippen LogP contribution is -2.20. The van der Waals surface area contributed by atoms with E-state index < -0.39 is 60.8 Å². The Morgan fingerprint density at radius 1 is 1.50 bits per heavy atom. The highest BCUT2D eigenvalue weighted by atomic mass is 32.2. The molecule has 2 rings (SSSR count). The monoisotopic (exact) mass is 306 g/mol. The first kappa shape index (κ1) is 6.17. The summed E-state index contributed by atoms with van der Waals surface area (Å²) in [6, 6.07) is -1.38. The van der Waals surface area contributed by atoms with E-state index >= 15 is 0 Å². The van der Waals surface area contributed by atoms with Crippen LogP contribution in [0.4, 0.5) is 0 Å². The molecule has 0 atom stereocenters. The summed E-state index contributed by atoms with van der Waals surface area (Å²) in [5, 5.41) is -0.0813. The van der Waals surface area contributed by atoms with Crippen molar-refractivity contribution in [3.05, 3.63) is 35.5 Å². The topological polar surface area (TPSA) is 65.2 Å². The summed E-state index contributed by atoms with van der Waals surface area (Å²) >= 11 is 0. The third kappa shape index (κ3) is 3.59. The van der Waals surface area contributed by atoms with Crippen LogP contribution in [0.1, 0.15) is 26.2 Å². The van der Waals surface area contributed by atoms with E-state index in [2.05, 4.69) is 9.71 Å². The van der Waals surface area contributed by atoms with Crippen molar-refractivity contribution in [1.82, 2.24) is 14.6 Å². The average molecular weight is 306 g/mol. The second-order valence-electron chi connectivity index (χ2n) is 4.05. The highest BCUT2D eigenvalue weighted by Crippen LogP contribution is 2.21. The van der Waals surface area contributed by atoms with Crippen LogP contribution in [0.5, 0.6) is 0 Å². The van der Waals surface area contributed by atoms with Gasteiger partial charge in [0.05, 0.1) is 9.87 Å². The molecule has 110 valence electrons. The van der Waals surface area contributed by atoms with Crippen LogP contribution in [-0.2, 0) is 22.2 Å². The molecule has 2 N–H and O–H groups in total. The zero-order chi connectivity index (χ0) is 24.2. The quantitative estimate of drug-likeness (QED) is 0.846. The van der Waals surface area contributed by atoms with E-state index in [9.17, 15) is 8.42 Å². The number of fused-ring (bicyclic) bond motifs is 1. The average Bonchev–Trinajstić information content (AvgIpc) is 2.96. The highest BCUT2D eigenvalue weighted by molar-refractivity contribution is 7.88. The van der Waals surface area contributed by atoms with Crippen LogP contribution >= 0.6 is 0 Å². The Balaban J connectivity index is 2.69. The molecule has 0 unspecified atom stereocenters. The highest BCUT2D eigenvalue weighted by Gasteiger charge is 2.11. The SMILES string of the molecule is [2H]c1c(CS(=O)(=O)NC)c([2H])c2c(CC([2H])([2H])N(C([2H])([2H])[2H])C([2H])([2H])[2H])c[nH]c2c1[2H]. The third-order valence-corrected chi connectivity index (χ3v) is 3.94. The maximum Gasteiger partial charge on any atom is 0.215 e. The predicted octanol–water partition coefficient (Wildman–Crippen LogP) is 1.32. The lowest BCUT2D eigenvalue weighted by Gasteiger charge is -2.08. The Hall–Kier alpha value is -1.37. The van der Waals surface area contributed by atoms with Crippen LogP contribution < -0.4 is 4.72 Å². The predicted molar refractivity (Wildman–Crippen MR) is 82.2 cm³/mol. The number of rotatable bonds is 6. The molecule has 0 bridgehead atoms. The maximum atomic E-state index is 11.9. The van der Waals surface area contributed by atoms with Gasteiger partial charge in [-0.15, -0.1) is 0 Å². The molecule has 6 heteroatoms. The third-order valence-electron chi connectivity index (χ3n) is 2.65. The second kappa shape index (κ2) is 5.95. The molecule has 0 spiro atoms. The lowest BCUT2D eigenvalue weighted by molar-refractivity contribution is 0.414. The molecule has 1 heterocycles. The van der Waals surface area contributed by atoms with Crippen LogP contribution in [0.15, 0.2) is 24.3 Å².